The van der Waals surface area contributed by atoms with Gasteiger partial charge in [-0.2, -0.15) is 23.5 Å². The van der Waals surface area contributed by atoms with Gasteiger partial charge < -0.3 is 5.73 Å². The van der Waals surface area contributed by atoms with Crippen molar-refractivity contribution >= 4 is 5.69 Å². The number of alkyl halides is 3. The molecule has 0 spiro atoms. The second-order valence-corrected chi connectivity index (χ2v) is 3.56. The Bertz CT molecular complexity index is 622. The average Bonchev–Trinajstić information content (AvgIpc) is 2.73. The predicted molar refractivity (Wildman–Crippen MR) is 57.7 cm³/mol. The van der Waals surface area contributed by atoms with E-state index in [1.165, 1.54) is 23.1 Å². The number of anilines is 1. The topological polar surface area (TPSA) is 67.6 Å². The first-order valence-corrected chi connectivity index (χ1v) is 4.83. The molecule has 1 aromatic heterocycles. The van der Waals surface area contributed by atoms with Crippen molar-refractivity contribution in [1.82, 2.24) is 9.78 Å². The smallest absolute Gasteiger partial charge is 0.396 e. The molecule has 0 aliphatic carbocycles. The van der Waals surface area contributed by atoms with Gasteiger partial charge in [0.2, 0.25) is 0 Å². The highest BCUT2D eigenvalue weighted by Gasteiger charge is 2.31. The number of aromatic nitrogens is 2. The first kappa shape index (κ1) is 12.0. The maximum atomic E-state index is 12.5. The normalized spacial score (nSPS) is 11.2. The van der Waals surface area contributed by atoms with Gasteiger partial charge in [-0.25, -0.2) is 4.68 Å². The van der Waals surface area contributed by atoms with Crippen LogP contribution < -0.4 is 5.73 Å². The summed E-state index contributed by atoms with van der Waals surface area (Å²) in [5.74, 6) is 0. The Hall–Kier alpha value is -2.49. The second kappa shape index (κ2) is 4.07. The first-order chi connectivity index (χ1) is 8.41. The van der Waals surface area contributed by atoms with Crippen LogP contribution in [0.4, 0.5) is 18.9 Å². The van der Waals surface area contributed by atoms with Crippen LogP contribution >= 0.6 is 0 Å². The van der Waals surface area contributed by atoms with E-state index >= 15 is 0 Å². The van der Waals surface area contributed by atoms with Crippen molar-refractivity contribution < 1.29 is 13.2 Å². The fourth-order valence-corrected chi connectivity index (χ4v) is 1.47. The van der Waals surface area contributed by atoms with E-state index in [4.69, 9.17) is 11.0 Å². The van der Waals surface area contributed by atoms with Gasteiger partial charge in [-0.1, -0.05) is 0 Å². The van der Waals surface area contributed by atoms with Gasteiger partial charge in [0.1, 0.15) is 6.07 Å². The Morgan fingerprint density at radius 3 is 2.56 bits per heavy atom. The minimum atomic E-state index is -4.48. The quantitative estimate of drug-likeness (QED) is 0.847. The van der Waals surface area contributed by atoms with Gasteiger partial charge in [0.15, 0.2) is 0 Å². The van der Waals surface area contributed by atoms with E-state index in [2.05, 4.69) is 5.10 Å². The molecule has 2 rings (SSSR count). The predicted octanol–water partition coefficient (Wildman–Crippen LogP) is 2.34. The molecule has 18 heavy (non-hydrogen) atoms. The molecule has 0 atom stereocenters. The third-order valence-electron chi connectivity index (χ3n) is 2.29. The number of nitriles is 1. The van der Waals surface area contributed by atoms with E-state index in [1.807, 2.05) is 0 Å². The summed E-state index contributed by atoms with van der Waals surface area (Å²) < 4.78 is 38.7. The van der Waals surface area contributed by atoms with E-state index in [1.54, 1.807) is 6.07 Å². The molecule has 92 valence electrons. The summed E-state index contributed by atoms with van der Waals surface area (Å²) in [7, 11) is 0. The van der Waals surface area contributed by atoms with Crippen LogP contribution in [0.5, 0.6) is 0 Å². The summed E-state index contributed by atoms with van der Waals surface area (Å²) in [4.78, 5) is 0. The number of hydrogen-bond donors (Lipinski definition) is 1. The van der Waals surface area contributed by atoms with Gasteiger partial charge >= 0.3 is 6.18 Å². The molecule has 0 bridgehead atoms. The highest BCUT2D eigenvalue weighted by Crippen LogP contribution is 2.31. The molecule has 0 radical (unpaired) electrons. The van der Waals surface area contributed by atoms with Crippen LogP contribution in [-0.4, -0.2) is 9.78 Å². The number of nitrogen functional groups attached to an aromatic ring is 1. The Morgan fingerprint density at radius 1 is 1.33 bits per heavy atom. The van der Waals surface area contributed by atoms with Crippen LogP contribution in [0.1, 0.15) is 11.1 Å². The summed E-state index contributed by atoms with van der Waals surface area (Å²) >= 11 is 0. The number of nitrogens with zero attached hydrogens (tertiary/aromatic N) is 3. The number of rotatable bonds is 1. The summed E-state index contributed by atoms with van der Waals surface area (Å²) in [6.07, 6.45) is -1.71. The second-order valence-electron chi connectivity index (χ2n) is 3.56. The lowest BCUT2D eigenvalue weighted by atomic mass is 10.1. The molecule has 0 aliphatic rings. The highest BCUT2D eigenvalue weighted by molar-refractivity contribution is 5.52. The zero-order valence-corrected chi connectivity index (χ0v) is 8.94. The van der Waals surface area contributed by atoms with E-state index in [0.717, 1.165) is 12.1 Å². The van der Waals surface area contributed by atoms with Crippen molar-refractivity contribution in [3.63, 3.8) is 0 Å². The third-order valence-corrected chi connectivity index (χ3v) is 2.29. The van der Waals surface area contributed by atoms with E-state index in [-0.39, 0.29) is 11.3 Å². The lowest BCUT2D eigenvalue weighted by molar-refractivity contribution is -0.137. The fraction of sp³-hybridized carbons (Fsp3) is 0.0909. The summed E-state index contributed by atoms with van der Waals surface area (Å²) in [6.45, 7) is 0. The third kappa shape index (κ3) is 2.13. The van der Waals surface area contributed by atoms with Crippen molar-refractivity contribution in [3.05, 3.63) is 41.7 Å². The van der Waals surface area contributed by atoms with E-state index < -0.39 is 11.7 Å². The van der Waals surface area contributed by atoms with Crippen molar-refractivity contribution in [2.45, 2.75) is 6.18 Å². The summed E-state index contributed by atoms with van der Waals surface area (Å²) in [5.41, 5.74) is 5.08. The number of nitrogens with two attached hydrogens (primary N) is 1. The molecule has 0 fully saturated rings. The number of benzene rings is 1. The van der Waals surface area contributed by atoms with Crippen LogP contribution in [-0.2, 0) is 6.18 Å². The van der Waals surface area contributed by atoms with Gasteiger partial charge in [-0.3, -0.25) is 0 Å². The zero-order valence-electron chi connectivity index (χ0n) is 8.94. The first-order valence-electron chi connectivity index (χ1n) is 4.83. The maximum absolute atomic E-state index is 12.5. The summed E-state index contributed by atoms with van der Waals surface area (Å²) in [6, 6.07) is 4.58. The Kier molecular flexibility index (Phi) is 2.71. The van der Waals surface area contributed by atoms with E-state index in [9.17, 15) is 13.2 Å². The van der Waals surface area contributed by atoms with Crippen LogP contribution in [0.25, 0.3) is 5.69 Å². The maximum Gasteiger partial charge on any atom is 0.416 e. The van der Waals surface area contributed by atoms with Gasteiger partial charge in [0, 0.05) is 0 Å². The van der Waals surface area contributed by atoms with Crippen LogP contribution in [0.3, 0.4) is 0 Å². The lowest BCUT2D eigenvalue weighted by Crippen LogP contribution is -2.07. The van der Waals surface area contributed by atoms with Crippen LogP contribution in [0.2, 0.25) is 0 Å². The minimum absolute atomic E-state index is 0.118. The van der Waals surface area contributed by atoms with Crippen LogP contribution in [0, 0.1) is 11.3 Å². The van der Waals surface area contributed by atoms with E-state index in [0.29, 0.717) is 5.69 Å². The standard InChI is InChI=1S/C11H7F3N4/c12-11(13,14)8-1-2-10(7(3-8)4-15)18-6-9(16)5-17-18/h1-3,5-6H,16H2. The van der Waals surface area contributed by atoms with Gasteiger partial charge in [0.05, 0.1) is 34.9 Å². The minimum Gasteiger partial charge on any atom is -0.396 e. The van der Waals surface area contributed by atoms with Gasteiger partial charge in [0.25, 0.3) is 0 Å². The molecule has 1 aromatic carbocycles. The molecule has 4 nitrogen and oxygen atoms in total. The Balaban J connectivity index is 2.55. The Labute approximate surface area is 100 Å². The van der Waals surface area contributed by atoms with Crippen LogP contribution in [0.15, 0.2) is 30.6 Å². The molecule has 0 saturated carbocycles. The number of halogens is 3. The lowest BCUT2D eigenvalue weighted by Gasteiger charge is -2.09. The Morgan fingerprint density at radius 2 is 2.06 bits per heavy atom. The van der Waals surface area contributed by atoms with Crippen molar-refractivity contribution in [3.8, 4) is 11.8 Å². The molecule has 2 N–H and O–H groups in total. The molecule has 0 aliphatic heterocycles. The zero-order chi connectivity index (χ0) is 13.3. The molecule has 7 heteroatoms. The molecule has 0 saturated heterocycles. The van der Waals surface area contributed by atoms with Crippen molar-refractivity contribution in [2.75, 3.05) is 5.73 Å². The fourth-order valence-electron chi connectivity index (χ4n) is 1.47. The molecule has 0 amide bonds. The monoisotopic (exact) mass is 252 g/mol. The van der Waals surface area contributed by atoms with Gasteiger partial charge in [-0.05, 0) is 18.2 Å². The average molecular weight is 252 g/mol. The van der Waals surface area contributed by atoms with Crippen molar-refractivity contribution in [1.29, 1.82) is 5.26 Å². The molecule has 2 aromatic rings. The largest absolute Gasteiger partial charge is 0.416 e. The molecular formula is C11H7F3N4. The van der Waals surface area contributed by atoms with Crippen molar-refractivity contribution in [2.24, 2.45) is 0 Å². The summed E-state index contributed by atoms with van der Waals surface area (Å²) in [5, 5.41) is 12.7. The number of hydrogen-bond acceptors (Lipinski definition) is 3. The highest BCUT2D eigenvalue weighted by atomic mass is 19.4. The molecular weight excluding hydrogens is 245 g/mol. The molecule has 1 heterocycles. The molecule has 0 unspecified atom stereocenters. The van der Waals surface area contributed by atoms with Gasteiger partial charge in [-0.15, -0.1) is 0 Å². The SMILES string of the molecule is N#Cc1cc(C(F)(F)F)ccc1-n1cc(N)cn1.